The molecule has 0 unspecified atom stereocenters. The molecule has 148 valence electrons. The number of thiophene rings is 1. The second-order valence-electron chi connectivity index (χ2n) is 6.72. The lowest BCUT2D eigenvalue weighted by Crippen LogP contribution is -2.47. The molecule has 0 aliphatic carbocycles. The molecule has 1 amide bonds. The molecule has 0 saturated heterocycles. The summed E-state index contributed by atoms with van der Waals surface area (Å²) in [6.45, 7) is 5.78. The Hall–Kier alpha value is -1.90. The van der Waals surface area contributed by atoms with Crippen LogP contribution in [0.1, 0.15) is 38.1 Å². The molecule has 0 fully saturated rings. The van der Waals surface area contributed by atoms with E-state index >= 15 is 0 Å². The number of nitrogens with one attached hydrogen (secondary N) is 2. The minimum absolute atomic E-state index is 0.0937. The van der Waals surface area contributed by atoms with Gasteiger partial charge >= 0.3 is 0 Å². The molecule has 0 spiro atoms. The molecule has 0 bridgehead atoms. The molecule has 0 aliphatic rings. The Labute approximate surface area is 165 Å². The van der Waals surface area contributed by atoms with Crippen LogP contribution >= 0.6 is 11.3 Å². The summed E-state index contributed by atoms with van der Waals surface area (Å²) in [5.74, 6) is 0.383. The fourth-order valence-electron chi connectivity index (χ4n) is 2.61. The van der Waals surface area contributed by atoms with Crippen molar-refractivity contribution in [3.05, 3.63) is 46.7 Å². The molecular formula is C19H26N2O4S2. The number of amides is 1. The highest BCUT2D eigenvalue weighted by Gasteiger charge is 2.27. The van der Waals surface area contributed by atoms with Crippen LogP contribution in [0.5, 0.6) is 5.75 Å². The van der Waals surface area contributed by atoms with Crippen molar-refractivity contribution in [3.63, 3.8) is 0 Å². The van der Waals surface area contributed by atoms with Crippen molar-refractivity contribution in [1.82, 2.24) is 10.0 Å². The van der Waals surface area contributed by atoms with Crippen LogP contribution in [0.2, 0.25) is 0 Å². The standard InChI is InChI=1S/C19H26N2O4S2/c1-13(2)12-17(19(22)20-14(3)18-6-5-11-26-18)21-27(23,24)16-9-7-15(25-4)8-10-16/h5-11,13-14,17,21H,12H2,1-4H3,(H,20,22)/t14-,17+/m0/s1. The molecular weight excluding hydrogens is 384 g/mol. The number of methoxy groups -OCH3 is 1. The van der Waals surface area contributed by atoms with E-state index in [0.29, 0.717) is 12.2 Å². The molecule has 2 atom stereocenters. The summed E-state index contributed by atoms with van der Waals surface area (Å²) in [6, 6.07) is 8.89. The van der Waals surface area contributed by atoms with E-state index in [-0.39, 0.29) is 22.8 Å². The van der Waals surface area contributed by atoms with Gasteiger partial charge in [0.05, 0.1) is 18.0 Å². The molecule has 2 aromatic rings. The van der Waals surface area contributed by atoms with Crippen LogP contribution in [0.15, 0.2) is 46.7 Å². The number of hydrogen-bond donors (Lipinski definition) is 2. The van der Waals surface area contributed by atoms with E-state index in [1.165, 1.54) is 19.2 Å². The van der Waals surface area contributed by atoms with Gasteiger partial charge in [0.1, 0.15) is 11.8 Å². The first-order chi connectivity index (χ1) is 12.7. The number of sulfonamides is 1. The van der Waals surface area contributed by atoms with Gasteiger partial charge in [-0.15, -0.1) is 11.3 Å². The van der Waals surface area contributed by atoms with E-state index in [4.69, 9.17) is 4.74 Å². The van der Waals surface area contributed by atoms with Gasteiger partial charge in [0, 0.05) is 4.88 Å². The molecule has 2 N–H and O–H groups in total. The first kappa shape index (κ1) is 21.4. The van der Waals surface area contributed by atoms with Gasteiger partial charge in [0.25, 0.3) is 0 Å². The first-order valence-electron chi connectivity index (χ1n) is 8.73. The number of benzene rings is 1. The predicted octanol–water partition coefficient (Wildman–Crippen LogP) is 3.33. The number of rotatable bonds is 9. The van der Waals surface area contributed by atoms with Gasteiger partial charge in [-0.05, 0) is 55.0 Å². The van der Waals surface area contributed by atoms with E-state index in [9.17, 15) is 13.2 Å². The molecule has 1 heterocycles. The topological polar surface area (TPSA) is 84.5 Å². The van der Waals surface area contributed by atoms with Gasteiger partial charge in [0.2, 0.25) is 15.9 Å². The Morgan fingerprint density at radius 1 is 1.15 bits per heavy atom. The van der Waals surface area contributed by atoms with Crippen molar-refractivity contribution in [2.45, 2.75) is 44.2 Å². The molecule has 2 rings (SSSR count). The maximum absolute atomic E-state index is 12.7. The molecule has 0 aliphatic heterocycles. The van der Waals surface area contributed by atoms with E-state index in [2.05, 4.69) is 10.0 Å². The van der Waals surface area contributed by atoms with Crippen LogP contribution in [0.4, 0.5) is 0 Å². The van der Waals surface area contributed by atoms with Crippen molar-refractivity contribution in [3.8, 4) is 5.75 Å². The van der Waals surface area contributed by atoms with Gasteiger partial charge in [-0.3, -0.25) is 4.79 Å². The number of carbonyl (C=O) groups excluding carboxylic acids is 1. The summed E-state index contributed by atoms with van der Waals surface area (Å²) >= 11 is 1.55. The third kappa shape index (κ3) is 6.05. The summed E-state index contributed by atoms with van der Waals surface area (Å²) in [4.78, 5) is 13.9. The van der Waals surface area contributed by atoms with E-state index in [1.54, 1.807) is 23.5 Å². The number of ether oxygens (including phenoxy) is 1. The van der Waals surface area contributed by atoms with Crippen molar-refractivity contribution in [2.75, 3.05) is 7.11 Å². The molecule has 6 nitrogen and oxygen atoms in total. The smallest absolute Gasteiger partial charge is 0.241 e. The average molecular weight is 411 g/mol. The summed E-state index contributed by atoms with van der Waals surface area (Å²) in [7, 11) is -2.32. The average Bonchev–Trinajstić information content (AvgIpc) is 3.15. The van der Waals surface area contributed by atoms with Crippen molar-refractivity contribution < 1.29 is 17.9 Å². The predicted molar refractivity (Wildman–Crippen MR) is 107 cm³/mol. The van der Waals surface area contributed by atoms with E-state index < -0.39 is 16.1 Å². The Bertz CT molecular complexity index is 831. The lowest BCUT2D eigenvalue weighted by atomic mass is 10.0. The Kier molecular flexibility index (Phi) is 7.41. The van der Waals surface area contributed by atoms with Gasteiger partial charge in [-0.2, -0.15) is 4.72 Å². The van der Waals surface area contributed by atoms with Gasteiger partial charge in [-0.25, -0.2) is 8.42 Å². The van der Waals surface area contributed by atoms with Gasteiger partial charge in [0.15, 0.2) is 0 Å². The molecule has 1 aromatic carbocycles. The fraction of sp³-hybridized carbons (Fsp3) is 0.421. The van der Waals surface area contributed by atoms with Crippen LogP contribution in [-0.2, 0) is 14.8 Å². The van der Waals surface area contributed by atoms with Gasteiger partial charge in [-0.1, -0.05) is 19.9 Å². The molecule has 27 heavy (non-hydrogen) atoms. The Balaban J connectivity index is 2.15. The third-order valence-corrected chi connectivity index (χ3v) is 6.56. The quantitative estimate of drug-likeness (QED) is 0.664. The van der Waals surface area contributed by atoms with E-state index in [1.807, 2.05) is 38.3 Å². The summed E-state index contributed by atoms with van der Waals surface area (Å²) in [5, 5.41) is 4.85. The van der Waals surface area contributed by atoms with Crippen LogP contribution < -0.4 is 14.8 Å². The highest BCUT2D eigenvalue weighted by molar-refractivity contribution is 7.89. The van der Waals surface area contributed by atoms with Crippen molar-refractivity contribution in [1.29, 1.82) is 0 Å². The zero-order chi connectivity index (χ0) is 20.0. The highest BCUT2D eigenvalue weighted by atomic mass is 32.2. The summed E-state index contributed by atoms with van der Waals surface area (Å²) in [5.41, 5.74) is 0. The minimum atomic E-state index is -3.83. The summed E-state index contributed by atoms with van der Waals surface area (Å²) in [6.07, 6.45) is 0.401. The lowest BCUT2D eigenvalue weighted by Gasteiger charge is -2.22. The second-order valence-corrected chi connectivity index (χ2v) is 9.42. The monoisotopic (exact) mass is 410 g/mol. The zero-order valence-electron chi connectivity index (χ0n) is 15.9. The maximum atomic E-state index is 12.7. The van der Waals surface area contributed by atoms with Crippen molar-refractivity contribution >= 4 is 27.3 Å². The largest absolute Gasteiger partial charge is 0.497 e. The minimum Gasteiger partial charge on any atom is -0.497 e. The van der Waals surface area contributed by atoms with Gasteiger partial charge < -0.3 is 10.1 Å². The molecule has 0 saturated carbocycles. The third-order valence-electron chi connectivity index (χ3n) is 4.02. The Morgan fingerprint density at radius 3 is 2.33 bits per heavy atom. The normalized spacial score (nSPS) is 14.0. The SMILES string of the molecule is COc1ccc(S(=O)(=O)N[C@H](CC(C)C)C(=O)N[C@@H](C)c2cccs2)cc1. The second kappa shape index (κ2) is 9.34. The first-order valence-corrected chi connectivity index (χ1v) is 11.1. The molecule has 0 radical (unpaired) electrons. The molecule has 8 heteroatoms. The van der Waals surface area contributed by atoms with Crippen LogP contribution in [0, 0.1) is 5.92 Å². The number of carbonyl (C=O) groups is 1. The summed E-state index contributed by atoms with van der Waals surface area (Å²) < 4.78 is 33.0. The number of hydrogen-bond acceptors (Lipinski definition) is 5. The van der Waals surface area contributed by atoms with Crippen molar-refractivity contribution in [2.24, 2.45) is 5.92 Å². The maximum Gasteiger partial charge on any atom is 0.241 e. The van der Waals surface area contributed by atoms with Crippen LogP contribution in [-0.4, -0.2) is 27.5 Å². The van der Waals surface area contributed by atoms with E-state index in [0.717, 1.165) is 4.88 Å². The zero-order valence-corrected chi connectivity index (χ0v) is 17.6. The fourth-order valence-corrected chi connectivity index (χ4v) is 4.56. The van der Waals surface area contributed by atoms with Crippen LogP contribution in [0.3, 0.4) is 0 Å². The lowest BCUT2D eigenvalue weighted by molar-refractivity contribution is -0.123. The highest BCUT2D eigenvalue weighted by Crippen LogP contribution is 2.20. The van der Waals surface area contributed by atoms with Crippen LogP contribution in [0.25, 0.3) is 0 Å². The Morgan fingerprint density at radius 2 is 1.81 bits per heavy atom. The molecule has 1 aromatic heterocycles.